The summed E-state index contributed by atoms with van der Waals surface area (Å²) in [6.45, 7) is 5.15. The first-order chi connectivity index (χ1) is 11.8. The number of hydrogen-bond donors (Lipinski definition) is 2. The molecular weight excluding hydrogens is 322 g/mol. The highest BCUT2D eigenvalue weighted by molar-refractivity contribution is 5.97. The quantitative estimate of drug-likeness (QED) is 0.839. The number of rotatable bonds is 6. The molecule has 6 heteroatoms. The van der Waals surface area contributed by atoms with Crippen LogP contribution in [0, 0.1) is 13.8 Å². The Bertz CT molecular complexity index is 783. The Hall–Kier alpha value is -3.02. The maximum Gasteiger partial charge on any atom is 0.336 e. The van der Waals surface area contributed by atoms with Gasteiger partial charge in [0, 0.05) is 5.69 Å². The third kappa shape index (κ3) is 4.50. The molecular formula is C19H21NO5. The van der Waals surface area contributed by atoms with Crippen LogP contribution in [0.25, 0.3) is 0 Å². The maximum atomic E-state index is 12.3. The Morgan fingerprint density at radius 2 is 1.64 bits per heavy atom. The van der Waals surface area contributed by atoms with Crippen LogP contribution in [0.3, 0.4) is 0 Å². The number of benzene rings is 2. The number of hydrogen-bond acceptors (Lipinski definition) is 4. The Labute approximate surface area is 146 Å². The Morgan fingerprint density at radius 3 is 2.20 bits per heavy atom. The highest BCUT2D eigenvalue weighted by atomic mass is 16.5. The second-order valence-electron chi connectivity index (χ2n) is 5.71. The zero-order chi connectivity index (χ0) is 18.6. The van der Waals surface area contributed by atoms with Gasteiger partial charge in [0.2, 0.25) is 0 Å². The SMILES string of the molecule is COc1ccc(OC(C)C(=O)Nc2cc(C(=O)O)c(C)cc2C)cc1. The molecule has 2 N–H and O–H groups in total. The van der Waals surface area contributed by atoms with E-state index in [1.54, 1.807) is 51.3 Å². The second-order valence-corrected chi connectivity index (χ2v) is 5.71. The van der Waals surface area contributed by atoms with Crippen molar-refractivity contribution in [3.8, 4) is 11.5 Å². The van der Waals surface area contributed by atoms with E-state index < -0.39 is 12.1 Å². The number of aryl methyl sites for hydroxylation is 2. The van der Waals surface area contributed by atoms with Crippen LogP contribution in [0.5, 0.6) is 11.5 Å². The summed E-state index contributed by atoms with van der Waals surface area (Å²) in [4.78, 5) is 23.6. The number of anilines is 1. The van der Waals surface area contributed by atoms with Gasteiger partial charge in [-0.2, -0.15) is 0 Å². The molecule has 0 saturated heterocycles. The van der Waals surface area contributed by atoms with E-state index >= 15 is 0 Å². The van der Waals surface area contributed by atoms with Crippen molar-refractivity contribution >= 4 is 17.6 Å². The number of nitrogens with one attached hydrogen (secondary N) is 1. The first kappa shape index (κ1) is 18.3. The maximum absolute atomic E-state index is 12.3. The van der Waals surface area contributed by atoms with Crippen LogP contribution < -0.4 is 14.8 Å². The van der Waals surface area contributed by atoms with E-state index in [1.807, 2.05) is 6.92 Å². The molecule has 0 aliphatic carbocycles. The van der Waals surface area contributed by atoms with E-state index in [4.69, 9.17) is 9.47 Å². The standard InChI is InChI=1S/C19H21NO5/c1-11-9-12(2)17(10-16(11)19(22)23)20-18(21)13(3)25-15-7-5-14(24-4)6-8-15/h5-10,13H,1-4H3,(H,20,21)(H,22,23). The number of carbonyl (C=O) groups excluding carboxylic acids is 1. The minimum absolute atomic E-state index is 0.157. The lowest BCUT2D eigenvalue weighted by Crippen LogP contribution is -2.30. The Kier molecular flexibility index (Phi) is 5.64. The van der Waals surface area contributed by atoms with Crippen LogP contribution >= 0.6 is 0 Å². The highest BCUT2D eigenvalue weighted by Gasteiger charge is 2.18. The molecule has 0 bridgehead atoms. The minimum Gasteiger partial charge on any atom is -0.497 e. The fourth-order valence-electron chi connectivity index (χ4n) is 2.36. The van der Waals surface area contributed by atoms with E-state index in [-0.39, 0.29) is 11.5 Å². The van der Waals surface area contributed by atoms with Crippen LogP contribution in [-0.2, 0) is 4.79 Å². The van der Waals surface area contributed by atoms with Crippen molar-refractivity contribution in [2.75, 3.05) is 12.4 Å². The summed E-state index contributed by atoms with van der Waals surface area (Å²) in [6, 6.07) is 10.1. The summed E-state index contributed by atoms with van der Waals surface area (Å²) < 4.78 is 10.7. The van der Waals surface area contributed by atoms with Gasteiger partial charge in [0.1, 0.15) is 11.5 Å². The van der Waals surface area contributed by atoms with Crippen LogP contribution in [0.4, 0.5) is 5.69 Å². The van der Waals surface area contributed by atoms with Crippen LogP contribution in [-0.4, -0.2) is 30.2 Å². The van der Waals surface area contributed by atoms with E-state index in [0.717, 1.165) is 5.56 Å². The molecule has 25 heavy (non-hydrogen) atoms. The van der Waals surface area contributed by atoms with Crippen molar-refractivity contribution in [2.24, 2.45) is 0 Å². The van der Waals surface area contributed by atoms with Crippen molar-refractivity contribution in [1.29, 1.82) is 0 Å². The molecule has 132 valence electrons. The Balaban J connectivity index is 2.10. The van der Waals surface area contributed by atoms with E-state index in [9.17, 15) is 14.7 Å². The van der Waals surface area contributed by atoms with Gasteiger partial charge in [-0.05, 0) is 62.2 Å². The smallest absolute Gasteiger partial charge is 0.336 e. The molecule has 0 heterocycles. The summed E-state index contributed by atoms with van der Waals surface area (Å²) in [5, 5.41) is 11.9. The number of carbonyl (C=O) groups is 2. The number of amides is 1. The monoisotopic (exact) mass is 343 g/mol. The molecule has 1 atom stereocenters. The van der Waals surface area contributed by atoms with Gasteiger partial charge in [0.25, 0.3) is 5.91 Å². The molecule has 0 aromatic heterocycles. The highest BCUT2D eigenvalue weighted by Crippen LogP contribution is 2.22. The second kappa shape index (κ2) is 7.70. The summed E-state index contributed by atoms with van der Waals surface area (Å²) >= 11 is 0. The predicted octanol–water partition coefficient (Wildman–Crippen LogP) is 3.42. The zero-order valence-corrected chi connectivity index (χ0v) is 14.6. The minimum atomic E-state index is -1.03. The van der Waals surface area contributed by atoms with Crippen LogP contribution in [0.15, 0.2) is 36.4 Å². The molecule has 0 aliphatic heterocycles. The molecule has 1 unspecified atom stereocenters. The topological polar surface area (TPSA) is 84.9 Å². The van der Waals surface area contributed by atoms with Crippen molar-refractivity contribution in [2.45, 2.75) is 26.9 Å². The van der Waals surface area contributed by atoms with Crippen LogP contribution in [0.1, 0.15) is 28.4 Å². The summed E-state index contributed by atoms with van der Waals surface area (Å²) in [6.07, 6.45) is -0.748. The molecule has 1 amide bonds. The number of carboxylic acids is 1. The third-order valence-electron chi connectivity index (χ3n) is 3.80. The lowest BCUT2D eigenvalue weighted by atomic mass is 10.0. The average Bonchev–Trinajstić information content (AvgIpc) is 2.57. The van der Waals surface area contributed by atoms with Crippen molar-refractivity contribution in [3.05, 3.63) is 53.1 Å². The van der Waals surface area contributed by atoms with Gasteiger partial charge >= 0.3 is 5.97 Å². The Morgan fingerprint density at radius 1 is 1.04 bits per heavy atom. The van der Waals surface area contributed by atoms with Gasteiger partial charge < -0.3 is 19.9 Å². The molecule has 0 saturated carbocycles. The van der Waals surface area contributed by atoms with Gasteiger partial charge in [0.05, 0.1) is 12.7 Å². The summed E-state index contributed by atoms with van der Waals surface area (Å²) in [5.74, 6) is -0.161. The molecule has 0 aliphatic rings. The summed E-state index contributed by atoms with van der Waals surface area (Å²) in [5.41, 5.74) is 2.04. The van der Waals surface area contributed by atoms with Crippen molar-refractivity contribution < 1.29 is 24.2 Å². The van der Waals surface area contributed by atoms with Gasteiger partial charge in [-0.25, -0.2) is 4.79 Å². The fourth-order valence-corrected chi connectivity index (χ4v) is 2.36. The molecule has 0 radical (unpaired) electrons. The van der Waals surface area contributed by atoms with Gasteiger partial charge in [0.15, 0.2) is 6.10 Å². The fraction of sp³-hybridized carbons (Fsp3) is 0.263. The molecule has 2 aromatic carbocycles. The largest absolute Gasteiger partial charge is 0.497 e. The third-order valence-corrected chi connectivity index (χ3v) is 3.80. The molecule has 2 rings (SSSR count). The molecule has 6 nitrogen and oxygen atoms in total. The average molecular weight is 343 g/mol. The predicted molar refractivity (Wildman–Crippen MR) is 94.6 cm³/mol. The first-order valence-corrected chi connectivity index (χ1v) is 7.78. The van der Waals surface area contributed by atoms with E-state index in [0.29, 0.717) is 22.7 Å². The zero-order valence-electron chi connectivity index (χ0n) is 14.6. The summed E-state index contributed by atoms with van der Waals surface area (Å²) in [7, 11) is 1.57. The lowest BCUT2D eigenvalue weighted by Gasteiger charge is -2.17. The van der Waals surface area contributed by atoms with Crippen molar-refractivity contribution in [3.63, 3.8) is 0 Å². The lowest BCUT2D eigenvalue weighted by molar-refractivity contribution is -0.122. The number of ether oxygens (including phenoxy) is 2. The van der Waals surface area contributed by atoms with Gasteiger partial charge in [-0.3, -0.25) is 4.79 Å². The molecule has 2 aromatic rings. The van der Waals surface area contributed by atoms with Gasteiger partial charge in [-0.1, -0.05) is 6.07 Å². The van der Waals surface area contributed by atoms with E-state index in [2.05, 4.69) is 5.32 Å². The molecule has 0 spiro atoms. The van der Waals surface area contributed by atoms with Gasteiger partial charge in [-0.15, -0.1) is 0 Å². The number of methoxy groups -OCH3 is 1. The first-order valence-electron chi connectivity index (χ1n) is 7.78. The van der Waals surface area contributed by atoms with Crippen LogP contribution in [0.2, 0.25) is 0 Å². The van der Waals surface area contributed by atoms with Crippen molar-refractivity contribution in [1.82, 2.24) is 0 Å². The van der Waals surface area contributed by atoms with E-state index in [1.165, 1.54) is 6.07 Å². The molecule has 0 fully saturated rings. The normalized spacial score (nSPS) is 11.5. The number of carboxylic acid groups (broad SMARTS) is 1. The number of aromatic carboxylic acids is 1.